The third-order valence-corrected chi connectivity index (χ3v) is 2.15. The monoisotopic (exact) mass is 193 g/mol. The molecule has 0 aromatic heterocycles. The van der Waals surface area contributed by atoms with Gasteiger partial charge in [0.2, 0.25) is 0 Å². The quantitative estimate of drug-likeness (QED) is 0.572. The molecule has 0 saturated heterocycles. The van der Waals surface area contributed by atoms with Crippen molar-refractivity contribution >= 4 is 11.8 Å². The lowest BCUT2D eigenvalue weighted by atomic mass is 10.4. The molecule has 3 nitrogen and oxygen atoms in total. The van der Waals surface area contributed by atoms with Crippen LogP contribution in [0.25, 0.3) is 0 Å². The molecule has 0 rings (SSSR count). The van der Waals surface area contributed by atoms with E-state index in [1.165, 1.54) is 0 Å². The summed E-state index contributed by atoms with van der Waals surface area (Å²) in [6.45, 7) is 2.55. The first-order valence-corrected chi connectivity index (χ1v) is 5.46. The molecule has 1 N–H and O–H groups in total. The van der Waals surface area contributed by atoms with Crippen molar-refractivity contribution in [2.75, 3.05) is 45.9 Å². The lowest BCUT2D eigenvalue weighted by Gasteiger charge is -2.14. The maximum Gasteiger partial charge on any atom is 0.0928 e. The van der Waals surface area contributed by atoms with Crippen molar-refractivity contribution < 1.29 is 9.47 Å². The first-order valence-electron chi connectivity index (χ1n) is 4.06. The van der Waals surface area contributed by atoms with Gasteiger partial charge in [-0.25, -0.2) is 0 Å². The normalized spacial score (nSPS) is 13.2. The molecule has 0 spiro atoms. The molecule has 1 atom stereocenters. The Morgan fingerprint density at radius 1 is 1.42 bits per heavy atom. The van der Waals surface area contributed by atoms with E-state index in [9.17, 15) is 0 Å². The van der Waals surface area contributed by atoms with Crippen LogP contribution >= 0.6 is 11.8 Å². The van der Waals surface area contributed by atoms with Crippen molar-refractivity contribution in [2.45, 2.75) is 6.10 Å². The largest absolute Gasteiger partial charge is 0.382 e. The number of methoxy groups -OCH3 is 2. The Morgan fingerprint density at radius 3 is 2.67 bits per heavy atom. The fourth-order valence-corrected chi connectivity index (χ4v) is 1.18. The van der Waals surface area contributed by atoms with Crippen molar-refractivity contribution in [1.29, 1.82) is 0 Å². The molecule has 74 valence electrons. The Kier molecular flexibility index (Phi) is 9.50. The number of nitrogens with one attached hydrogen (secondary N) is 1. The molecular weight excluding hydrogens is 174 g/mol. The SMILES string of the molecule is COCC(CNCCSC)OC. The fourth-order valence-electron chi connectivity index (χ4n) is 0.833. The molecule has 0 fully saturated rings. The van der Waals surface area contributed by atoms with Crippen molar-refractivity contribution in [3.63, 3.8) is 0 Å². The lowest BCUT2D eigenvalue weighted by molar-refractivity contribution is 0.0293. The van der Waals surface area contributed by atoms with Gasteiger partial charge in [-0.1, -0.05) is 0 Å². The van der Waals surface area contributed by atoms with Crippen LogP contribution in [0.5, 0.6) is 0 Å². The number of hydrogen-bond donors (Lipinski definition) is 1. The molecule has 0 bridgehead atoms. The van der Waals surface area contributed by atoms with Gasteiger partial charge in [-0.05, 0) is 6.26 Å². The maximum absolute atomic E-state index is 5.18. The zero-order valence-electron chi connectivity index (χ0n) is 8.13. The molecule has 0 aliphatic rings. The molecule has 12 heavy (non-hydrogen) atoms. The molecule has 0 aromatic carbocycles. The zero-order valence-corrected chi connectivity index (χ0v) is 8.95. The molecule has 0 radical (unpaired) electrons. The summed E-state index contributed by atoms with van der Waals surface area (Å²) >= 11 is 1.84. The van der Waals surface area contributed by atoms with Crippen LogP contribution in [0, 0.1) is 0 Å². The minimum Gasteiger partial charge on any atom is -0.382 e. The average Bonchev–Trinajstić information content (AvgIpc) is 2.10. The molecular formula is C8H19NO2S. The lowest BCUT2D eigenvalue weighted by Crippen LogP contribution is -2.32. The highest BCUT2D eigenvalue weighted by atomic mass is 32.2. The molecule has 0 amide bonds. The van der Waals surface area contributed by atoms with Crippen LogP contribution < -0.4 is 5.32 Å². The van der Waals surface area contributed by atoms with Crippen molar-refractivity contribution in [1.82, 2.24) is 5.32 Å². The predicted molar refractivity (Wildman–Crippen MR) is 53.9 cm³/mol. The first-order chi connectivity index (χ1) is 5.85. The summed E-state index contributed by atoms with van der Waals surface area (Å²) in [5.41, 5.74) is 0. The zero-order chi connectivity index (χ0) is 9.23. The van der Waals surface area contributed by atoms with Crippen LogP contribution in [0.15, 0.2) is 0 Å². The minimum absolute atomic E-state index is 0.178. The van der Waals surface area contributed by atoms with E-state index in [0.717, 1.165) is 18.8 Å². The topological polar surface area (TPSA) is 30.5 Å². The Bertz CT molecular complexity index is 93.1. The summed E-state index contributed by atoms with van der Waals surface area (Å²) in [7, 11) is 3.40. The highest BCUT2D eigenvalue weighted by Crippen LogP contribution is 1.90. The number of hydrogen-bond acceptors (Lipinski definition) is 4. The van der Waals surface area contributed by atoms with E-state index < -0.39 is 0 Å². The van der Waals surface area contributed by atoms with Crippen LogP contribution in [0.2, 0.25) is 0 Å². The average molecular weight is 193 g/mol. The second-order valence-electron chi connectivity index (χ2n) is 2.51. The molecule has 0 heterocycles. The van der Waals surface area contributed by atoms with E-state index in [-0.39, 0.29) is 6.10 Å². The Balaban J connectivity index is 3.19. The first kappa shape index (κ1) is 12.2. The number of thioether (sulfide) groups is 1. The van der Waals surface area contributed by atoms with Crippen molar-refractivity contribution in [2.24, 2.45) is 0 Å². The van der Waals surface area contributed by atoms with E-state index in [4.69, 9.17) is 9.47 Å². The molecule has 4 heteroatoms. The van der Waals surface area contributed by atoms with E-state index in [1.54, 1.807) is 14.2 Å². The molecule has 0 saturated carbocycles. The van der Waals surface area contributed by atoms with E-state index in [2.05, 4.69) is 11.6 Å². The molecule has 1 unspecified atom stereocenters. The number of ether oxygens (including phenoxy) is 2. The summed E-state index contributed by atoms with van der Waals surface area (Å²) in [6, 6.07) is 0. The Morgan fingerprint density at radius 2 is 2.17 bits per heavy atom. The van der Waals surface area contributed by atoms with Crippen LogP contribution in [0.1, 0.15) is 0 Å². The minimum atomic E-state index is 0.178. The van der Waals surface area contributed by atoms with Crippen molar-refractivity contribution in [3.8, 4) is 0 Å². The Labute approximate surface area is 79.2 Å². The van der Waals surface area contributed by atoms with Gasteiger partial charge in [0, 0.05) is 33.1 Å². The molecule has 0 aliphatic carbocycles. The fraction of sp³-hybridized carbons (Fsp3) is 1.00. The van der Waals surface area contributed by atoms with Gasteiger partial charge in [-0.15, -0.1) is 0 Å². The molecule has 0 aliphatic heterocycles. The van der Waals surface area contributed by atoms with Gasteiger partial charge in [0.15, 0.2) is 0 Å². The summed E-state index contributed by atoms with van der Waals surface area (Å²) in [6.07, 6.45) is 2.28. The van der Waals surface area contributed by atoms with Crippen LogP contribution in [0.3, 0.4) is 0 Å². The number of rotatable bonds is 8. The van der Waals surface area contributed by atoms with Gasteiger partial charge in [-0.3, -0.25) is 0 Å². The van der Waals surface area contributed by atoms with E-state index in [1.807, 2.05) is 11.8 Å². The van der Waals surface area contributed by atoms with E-state index in [0.29, 0.717) is 6.61 Å². The summed E-state index contributed by atoms with van der Waals surface area (Å²) in [5, 5.41) is 3.30. The third kappa shape index (κ3) is 6.91. The third-order valence-electron chi connectivity index (χ3n) is 1.54. The summed E-state index contributed by atoms with van der Waals surface area (Å²) in [4.78, 5) is 0. The van der Waals surface area contributed by atoms with Crippen LogP contribution in [0.4, 0.5) is 0 Å². The highest BCUT2D eigenvalue weighted by Gasteiger charge is 2.04. The predicted octanol–water partition coefficient (Wildman–Crippen LogP) is 0.600. The van der Waals surface area contributed by atoms with Gasteiger partial charge < -0.3 is 14.8 Å². The van der Waals surface area contributed by atoms with Gasteiger partial charge in [-0.2, -0.15) is 11.8 Å². The van der Waals surface area contributed by atoms with Gasteiger partial charge >= 0.3 is 0 Å². The second-order valence-corrected chi connectivity index (χ2v) is 3.50. The van der Waals surface area contributed by atoms with Gasteiger partial charge in [0.1, 0.15) is 0 Å². The Hall–Kier alpha value is 0.230. The van der Waals surface area contributed by atoms with E-state index >= 15 is 0 Å². The van der Waals surface area contributed by atoms with Crippen LogP contribution in [-0.4, -0.2) is 52.0 Å². The smallest absolute Gasteiger partial charge is 0.0928 e. The second kappa shape index (κ2) is 9.32. The summed E-state index contributed by atoms with van der Waals surface area (Å²) < 4.78 is 10.2. The summed E-state index contributed by atoms with van der Waals surface area (Å²) in [5.74, 6) is 1.14. The van der Waals surface area contributed by atoms with Crippen molar-refractivity contribution in [3.05, 3.63) is 0 Å². The maximum atomic E-state index is 5.18. The molecule has 0 aromatic rings. The van der Waals surface area contributed by atoms with Gasteiger partial charge in [0.05, 0.1) is 12.7 Å². The highest BCUT2D eigenvalue weighted by molar-refractivity contribution is 7.98. The van der Waals surface area contributed by atoms with Gasteiger partial charge in [0.25, 0.3) is 0 Å². The standard InChI is InChI=1S/C8H19NO2S/c1-10-7-8(11-2)6-9-4-5-12-3/h8-9H,4-7H2,1-3H3. The van der Waals surface area contributed by atoms with Crippen LogP contribution in [-0.2, 0) is 9.47 Å².